The lowest BCUT2D eigenvalue weighted by Crippen LogP contribution is -2.42. The quantitative estimate of drug-likeness (QED) is 0.334. The van der Waals surface area contributed by atoms with E-state index in [9.17, 15) is 15.0 Å². The first-order valence-corrected chi connectivity index (χ1v) is 12.1. The maximum absolute atomic E-state index is 12.6. The van der Waals surface area contributed by atoms with Gasteiger partial charge in [0.05, 0.1) is 25.0 Å². The van der Waals surface area contributed by atoms with E-state index in [1.807, 2.05) is 59.5 Å². The SMILES string of the molecule is C[C@H](O)C(=O)N1CCc2nc(Nc3ccc(-c4cnco4)cc3)nc(N(CCO)c3ccccc3)c2C1. The summed E-state index contributed by atoms with van der Waals surface area (Å²) < 4.78 is 5.36. The summed E-state index contributed by atoms with van der Waals surface area (Å²) in [6.45, 7) is 2.41. The predicted molar refractivity (Wildman–Crippen MR) is 139 cm³/mol. The molecule has 190 valence electrons. The molecule has 1 atom stereocenters. The molecule has 0 saturated heterocycles. The molecule has 0 bridgehead atoms. The number of fused-ring (bicyclic) bond motifs is 1. The zero-order chi connectivity index (χ0) is 25.8. The minimum Gasteiger partial charge on any atom is -0.444 e. The minimum absolute atomic E-state index is 0.0875. The van der Waals surface area contributed by atoms with Crippen LogP contribution in [0, 0.1) is 0 Å². The Morgan fingerprint density at radius 1 is 1.16 bits per heavy atom. The summed E-state index contributed by atoms with van der Waals surface area (Å²) in [5, 5.41) is 23.0. The Balaban J connectivity index is 1.52. The van der Waals surface area contributed by atoms with Gasteiger partial charge in [0.1, 0.15) is 11.9 Å². The molecular weight excluding hydrogens is 472 g/mol. The third kappa shape index (κ3) is 5.30. The Morgan fingerprint density at radius 2 is 1.95 bits per heavy atom. The predicted octanol–water partition coefficient (Wildman–Crippen LogP) is 3.27. The smallest absolute Gasteiger partial charge is 0.251 e. The normalized spacial score (nSPS) is 13.6. The van der Waals surface area contributed by atoms with E-state index in [-0.39, 0.29) is 19.1 Å². The van der Waals surface area contributed by atoms with Gasteiger partial charge in [-0.05, 0) is 43.3 Å². The molecule has 0 radical (unpaired) electrons. The average Bonchev–Trinajstić information content (AvgIpc) is 3.47. The van der Waals surface area contributed by atoms with Gasteiger partial charge >= 0.3 is 0 Å². The van der Waals surface area contributed by atoms with Gasteiger partial charge in [0.15, 0.2) is 12.2 Å². The van der Waals surface area contributed by atoms with Gasteiger partial charge in [-0.15, -0.1) is 0 Å². The van der Waals surface area contributed by atoms with E-state index < -0.39 is 6.10 Å². The number of oxazole rings is 1. The monoisotopic (exact) mass is 500 g/mol. The van der Waals surface area contributed by atoms with Crippen LogP contribution < -0.4 is 10.2 Å². The van der Waals surface area contributed by atoms with Crippen LogP contribution in [0.15, 0.2) is 71.6 Å². The van der Waals surface area contributed by atoms with Crippen molar-refractivity contribution in [1.29, 1.82) is 0 Å². The summed E-state index contributed by atoms with van der Waals surface area (Å²) in [5.74, 6) is 1.36. The van der Waals surface area contributed by atoms with Crippen LogP contribution in [0.2, 0.25) is 0 Å². The van der Waals surface area contributed by atoms with Crippen molar-refractivity contribution in [2.75, 3.05) is 29.9 Å². The minimum atomic E-state index is -1.09. The van der Waals surface area contributed by atoms with Crippen LogP contribution in [0.3, 0.4) is 0 Å². The maximum atomic E-state index is 12.6. The molecule has 0 aliphatic carbocycles. The van der Waals surface area contributed by atoms with Gasteiger partial charge in [0.2, 0.25) is 5.95 Å². The fourth-order valence-electron chi connectivity index (χ4n) is 4.40. The van der Waals surface area contributed by atoms with Crippen molar-refractivity contribution in [2.24, 2.45) is 0 Å². The fourth-order valence-corrected chi connectivity index (χ4v) is 4.40. The standard InChI is InChI=1S/C27H28N6O4/c1-18(35)26(36)32-12-11-23-22(16-32)25(33(13-14-34)21-5-3-2-4-6-21)31-27(30-23)29-20-9-7-19(8-10-20)24-15-28-17-37-24/h2-10,15,17-18,34-35H,11-14,16H2,1H3,(H,29,30,31)/t18-/m0/s1. The number of aliphatic hydroxyl groups excluding tert-OH is 2. The summed E-state index contributed by atoms with van der Waals surface area (Å²) in [5.41, 5.74) is 4.17. The van der Waals surface area contributed by atoms with Gasteiger partial charge in [-0.2, -0.15) is 4.98 Å². The van der Waals surface area contributed by atoms with Crippen LogP contribution in [0.25, 0.3) is 11.3 Å². The number of carbonyl (C=O) groups excluding carboxylic acids is 1. The highest BCUT2D eigenvalue weighted by Gasteiger charge is 2.29. The highest BCUT2D eigenvalue weighted by atomic mass is 16.3. The Labute approximate surface area is 214 Å². The van der Waals surface area contributed by atoms with Crippen molar-refractivity contribution < 1.29 is 19.4 Å². The first-order valence-electron chi connectivity index (χ1n) is 12.1. The second-order valence-electron chi connectivity index (χ2n) is 8.76. The molecule has 0 fully saturated rings. The highest BCUT2D eigenvalue weighted by Crippen LogP contribution is 2.33. The third-order valence-corrected chi connectivity index (χ3v) is 6.21. The molecule has 4 aromatic rings. The van der Waals surface area contributed by atoms with E-state index in [1.165, 1.54) is 13.3 Å². The van der Waals surface area contributed by atoms with Crippen molar-refractivity contribution >= 4 is 29.0 Å². The molecule has 1 aliphatic heterocycles. The molecule has 1 amide bonds. The van der Waals surface area contributed by atoms with Gasteiger partial charge in [-0.1, -0.05) is 18.2 Å². The average molecular weight is 501 g/mol. The molecular formula is C27H28N6O4. The van der Waals surface area contributed by atoms with Crippen LogP contribution >= 0.6 is 0 Å². The number of para-hydroxylation sites is 1. The fraction of sp³-hybridized carbons (Fsp3) is 0.259. The summed E-state index contributed by atoms with van der Waals surface area (Å²) in [6.07, 6.45) is 2.48. The van der Waals surface area contributed by atoms with Crippen LogP contribution in [-0.2, 0) is 17.8 Å². The van der Waals surface area contributed by atoms with Crippen molar-refractivity contribution in [2.45, 2.75) is 26.0 Å². The molecule has 1 aliphatic rings. The van der Waals surface area contributed by atoms with Crippen molar-refractivity contribution in [1.82, 2.24) is 19.9 Å². The lowest BCUT2D eigenvalue weighted by molar-refractivity contribution is -0.140. The molecule has 10 nitrogen and oxygen atoms in total. The first kappa shape index (κ1) is 24.4. The van der Waals surface area contributed by atoms with Gasteiger partial charge < -0.3 is 29.7 Å². The van der Waals surface area contributed by atoms with E-state index in [4.69, 9.17) is 14.4 Å². The van der Waals surface area contributed by atoms with Gasteiger partial charge in [0, 0.05) is 42.0 Å². The Morgan fingerprint density at radius 3 is 2.62 bits per heavy atom. The topological polar surface area (TPSA) is 128 Å². The maximum Gasteiger partial charge on any atom is 0.251 e. The van der Waals surface area contributed by atoms with Crippen molar-refractivity contribution in [3.63, 3.8) is 0 Å². The second kappa shape index (κ2) is 10.8. The number of anilines is 4. The van der Waals surface area contributed by atoms with E-state index in [0.717, 1.165) is 28.2 Å². The summed E-state index contributed by atoms with van der Waals surface area (Å²) in [7, 11) is 0. The second-order valence-corrected chi connectivity index (χ2v) is 8.76. The number of nitrogens with zero attached hydrogens (tertiary/aromatic N) is 5. The lowest BCUT2D eigenvalue weighted by atomic mass is 10.0. The zero-order valence-electron chi connectivity index (χ0n) is 20.4. The van der Waals surface area contributed by atoms with Crippen LogP contribution in [-0.4, -0.2) is 61.8 Å². The van der Waals surface area contributed by atoms with E-state index >= 15 is 0 Å². The molecule has 0 saturated carbocycles. The van der Waals surface area contributed by atoms with E-state index in [0.29, 0.717) is 37.0 Å². The Bertz CT molecular complexity index is 1340. The number of aromatic nitrogens is 3. The molecule has 37 heavy (non-hydrogen) atoms. The lowest BCUT2D eigenvalue weighted by Gasteiger charge is -2.33. The van der Waals surface area contributed by atoms with Gasteiger partial charge in [-0.3, -0.25) is 4.79 Å². The summed E-state index contributed by atoms with van der Waals surface area (Å²) in [4.78, 5) is 29.7. The van der Waals surface area contributed by atoms with Crippen LogP contribution in [0.1, 0.15) is 18.2 Å². The molecule has 3 heterocycles. The largest absolute Gasteiger partial charge is 0.444 e. The van der Waals surface area contributed by atoms with E-state index in [2.05, 4.69) is 10.3 Å². The molecule has 0 unspecified atom stereocenters. The molecule has 10 heteroatoms. The first-order chi connectivity index (χ1) is 18.0. The number of amides is 1. The van der Waals surface area contributed by atoms with Crippen molar-refractivity contribution in [3.8, 4) is 11.3 Å². The molecule has 5 rings (SSSR count). The highest BCUT2D eigenvalue weighted by molar-refractivity contribution is 5.81. The zero-order valence-corrected chi connectivity index (χ0v) is 20.4. The third-order valence-electron chi connectivity index (χ3n) is 6.21. The van der Waals surface area contributed by atoms with Gasteiger partial charge in [0.25, 0.3) is 5.91 Å². The number of hydrogen-bond acceptors (Lipinski definition) is 9. The number of rotatable bonds is 8. The number of carbonyl (C=O) groups is 1. The Kier molecular flexibility index (Phi) is 7.11. The molecule has 2 aromatic carbocycles. The van der Waals surface area contributed by atoms with Gasteiger partial charge in [-0.25, -0.2) is 9.97 Å². The summed E-state index contributed by atoms with van der Waals surface area (Å²) >= 11 is 0. The Hall–Kier alpha value is -4.28. The molecule has 3 N–H and O–H groups in total. The molecule has 0 spiro atoms. The number of hydrogen-bond donors (Lipinski definition) is 3. The van der Waals surface area contributed by atoms with Crippen molar-refractivity contribution in [3.05, 3.63) is 78.4 Å². The number of nitrogens with one attached hydrogen (secondary N) is 1. The molecule has 2 aromatic heterocycles. The van der Waals surface area contributed by atoms with Crippen LogP contribution in [0.4, 0.5) is 23.1 Å². The summed E-state index contributed by atoms with van der Waals surface area (Å²) in [6, 6.07) is 17.3. The van der Waals surface area contributed by atoms with Crippen LogP contribution in [0.5, 0.6) is 0 Å². The number of aliphatic hydroxyl groups is 2. The van der Waals surface area contributed by atoms with E-state index in [1.54, 1.807) is 11.1 Å². The number of benzene rings is 2.